The lowest BCUT2D eigenvalue weighted by atomic mass is 10.2. The highest BCUT2D eigenvalue weighted by Crippen LogP contribution is 2.31. The average molecular weight is 468 g/mol. The molecule has 30 heavy (non-hydrogen) atoms. The van der Waals surface area contributed by atoms with Crippen LogP contribution in [0.1, 0.15) is 22.8 Å². The van der Waals surface area contributed by atoms with Gasteiger partial charge < -0.3 is 4.90 Å². The van der Waals surface area contributed by atoms with Gasteiger partial charge in [0.15, 0.2) is 15.0 Å². The number of likely N-dealkylation sites (N-methyl/N-ethyl adjacent to an activating group) is 1. The number of nitrogens with zero attached hydrogens (tertiary/aromatic N) is 3. The van der Waals surface area contributed by atoms with Gasteiger partial charge in [-0.1, -0.05) is 36.5 Å². The quantitative estimate of drug-likeness (QED) is 0.524. The van der Waals surface area contributed by atoms with Gasteiger partial charge in [0.25, 0.3) is 5.91 Å². The summed E-state index contributed by atoms with van der Waals surface area (Å²) in [6.45, 7) is 4.70. The number of benzene rings is 2. The highest BCUT2D eigenvalue weighted by molar-refractivity contribution is 7.91. The van der Waals surface area contributed by atoms with Crippen LogP contribution in [0.4, 0.5) is 5.13 Å². The van der Waals surface area contributed by atoms with Gasteiger partial charge in [-0.25, -0.2) is 13.4 Å². The van der Waals surface area contributed by atoms with Gasteiger partial charge in [-0.15, -0.1) is 12.4 Å². The topological polar surface area (TPSA) is 70.6 Å². The Bertz CT molecular complexity index is 1140. The van der Waals surface area contributed by atoms with Crippen LogP contribution in [0.25, 0.3) is 10.2 Å². The van der Waals surface area contributed by atoms with Gasteiger partial charge in [0.1, 0.15) is 0 Å². The van der Waals surface area contributed by atoms with Crippen molar-refractivity contribution in [3.8, 4) is 0 Å². The van der Waals surface area contributed by atoms with Gasteiger partial charge >= 0.3 is 0 Å². The first-order chi connectivity index (χ1) is 13.7. The second kappa shape index (κ2) is 9.87. The number of carbonyl (C=O) groups is 1. The fourth-order valence-corrected chi connectivity index (χ4v) is 4.91. The number of aryl methyl sites for hydroxylation is 1. The first kappa shape index (κ1) is 24.3. The van der Waals surface area contributed by atoms with E-state index in [0.717, 1.165) is 15.8 Å². The van der Waals surface area contributed by atoms with Gasteiger partial charge in [-0.05, 0) is 50.8 Å². The Morgan fingerprint density at radius 2 is 1.80 bits per heavy atom. The Labute approximate surface area is 187 Å². The van der Waals surface area contributed by atoms with Crippen LogP contribution in [0.15, 0.2) is 47.4 Å². The van der Waals surface area contributed by atoms with Crippen LogP contribution in [-0.4, -0.2) is 57.1 Å². The van der Waals surface area contributed by atoms with Crippen molar-refractivity contribution in [3.63, 3.8) is 0 Å². The Hall–Kier alpha value is -2.00. The molecule has 0 spiro atoms. The predicted octanol–water partition coefficient (Wildman–Crippen LogP) is 4.03. The van der Waals surface area contributed by atoms with E-state index in [-0.39, 0.29) is 29.0 Å². The fraction of sp³-hybridized carbons (Fsp3) is 0.333. The molecule has 0 bridgehead atoms. The maximum atomic E-state index is 13.4. The molecule has 0 N–H and O–H groups in total. The number of hydrogen-bond donors (Lipinski definition) is 0. The number of halogens is 1. The molecular formula is C21H26ClN3O3S2. The Balaban J connectivity index is 0.00000320. The van der Waals surface area contributed by atoms with E-state index in [1.165, 1.54) is 23.5 Å². The Morgan fingerprint density at radius 3 is 2.43 bits per heavy atom. The van der Waals surface area contributed by atoms with Crippen molar-refractivity contribution in [1.82, 2.24) is 9.88 Å². The zero-order valence-electron chi connectivity index (χ0n) is 17.5. The van der Waals surface area contributed by atoms with Gasteiger partial charge in [0.2, 0.25) is 0 Å². The molecule has 0 fully saturated rings. The summed E-state index contributed by atoms with van der Waals surface area (Å²) in [6.07, 6.45) is 0. The van der Waals surface area contributed by atoms with Gasteiger partial charge in [0, 0.05) is 18.7 Å². The molecule has 0 aliphatic carbocycles. The minimum Gasteiger partial charge on any atom is -0.308 e. The molecule has 1 amide bonds. The monoisotopic (exact) mass is 467 g/mol. The number of para-hydroxylation sites is 1. The third-order valence-corrected chi connectivity index (χ3v) is 7.45. The van der Waals surface area contributed by atoms with E-state index in [9.17, 15) is 13.2 Å². The second-order valence-electron chi connectivity index (χ2n) is 7.11. The summed E-state index contributed by atoms with van der Waals surface area (Å²) in [5, 5.41) is 0.616. The third kappa shape index (κ3) is 5.18. The average Bonchev–Trinajstić information content (AvgIpc) is 3.13. The summed E-state index contributed by atoms with van der Waals surface area (Å²) in [5.41, 5.74) is 2.28. The van der Waals surface area contributed by atoms with E-state index < -0.39 is 9.84 Å². The number of carbonyl (C=O) groups excluding carboxylic acids is 1. The third-order valence-electron chi connectivity index (χ3n) is 4.68. The highest BCUT2D eigenvalue weighted by atomic mass is 35.5. The standard InChI is InChI=1S/C21H25N3O3S2.ClH/c1-5-29(26,27)17-10-7-9-16(14-17)20(25)24(13-12-23(3)4)21-22-19-15(2)8-6-11-18(19)28-21;/h6-11,14H,5,12-13H2,1-4H3;1H. The molecule has 0 unspecified atom stereocenters. The zero-order chi connectivity index (χ0) is 21.2. The van der Waals surface area contributed by atoms with Crippen molar-refractivity contribution in [1.29, 1.82) is 0 Å². The number of thiazole rings is 1. The normalized spacial score (nSPS) is 11.5. The van der Waals surface area contributed by atoms with E-state index in [2.05, 4.69) is 0 Å². The number of aromatic nitrogens is 1. The van der Waals surface area contributed by atoms with Gasteiger partial charge in [0.05, 0.1) is 20.9 Å². The second-order valence-corrected chi connectivity index (χ2v) is 10.4. The van der Waals surface area contributed by atoms with E-state index >= 15 is 0 Å². The number of sulfone groups is 1. The zero-order valence-corrected chi connectivity index (χ0v) is 19.9. The molecule has 0 saturated heterocycles. The van der Waals surface area contributed by atoms with Crippen molar-refractivity contribution in [2.24, 2.45) is 0 Å². The summed E-state index contributed by atoms with van der Waals surface area (Å²) in [5.74, 6) is -0.261. The largest absolute Gasteiger partial charge is 0.308 e. The van der Waals surface area contributed by atoms with Crippen LogP contribution >= 0.6 is 23.7 Å². The molecule has 2 aromatic carbocycles. The van der Waals surface area contributed by atoms with Crippen molar-refractivity contribution < 1.29 is 13.2 Å². The highest BCUT2D eigenvalue weighted by Gasteiger charge is 2.23. The van der Waals surface area contributed by atoms with Crippen LogP contribution in [0.2, 0.25) is 0 Å². The van der Waals surface area contributed by atoms with E-state index in [4.69, 9.17) is 4.98 Å². The molecule has 3 aromatic rings. The van der Waals surface area contributed by atoms with Crippen LogP contribution in [0.3, 0.4) is 0 Å². The van der Waals surface area contributed by atoms with E-state index in [1.54, 1.807) is 24.0 Å². The molecule has 0 aliphatic rings. The number of amides is 1. The first-order valence-electron chi connectivity index (χ1n) is 9.38. The Morgan fingerprint density at radius 1 is 1.10 bits per heavy atom. The number of rotatable bonds is 7. The maximum Gasteiger partial charge on any atom is 0.260 e. The summed E-state index contributed by atoms with van der Waals surface area (Å²) < 4.78 is 25.5. The molecule has 1 heterocycles. The fourth-order valence-electron chi connectivity index (χ4n) is 2.92. The predicted molar refractivity (Wildman–Crippen MR) is 126 cm³/mol. The number of hydrogen-bond acceptors (Lipinski definition) is 6. The summed E-state index contributed by atoms with van der Waals surface area (Å²) in [4.78, 5) is 21.9. The summed E-state index contributed by atoms with van der Waals surface area (Å²) >= 11 is 1.47. The first-order valence-corrected chi connectivity index (χ1v) is 11.9. The molecular weight excluding hydrogens is 442 g/mol. The van der Waals surface area contributed by atoms with E-state index in [0.29, 0.717) is 23.8 Å². The number of anilines is 1. The van der Waals surface area contributed by atoms with Gasteiger partial charge in [-0.3, -0.25) is 9.69 Å². The van der Waals surface area contributed by atoms with Crippen molar-refractivity contribution in [2.75, 3.05) is 37.8 Å². The van der Waals surface area contributed by atoms with Crippen LogP contribution < -0.4 is 4.90 Å². The lowest BCUT2D eigenvalue weighted by Gasteiger charge is -2.22. The van der Waals surface area contributed by atoms with Crippen LogP contribution in [0, 0.1) is 6.92 Å². The Kier molecular flexibility index (Phi) is 7.99. The molecule has 0 aliphatic heterocycles. The minimum atomic E-state index is -3.39. The van der Waals surface area contributed by atoms with Crippen LogP contribution in [0.5, 0.6) is 0 Å². The molecule has 1 aromatic heterocycles. The summed E-state index contributed by atoms with van der Waals surface area (Å²) in [7, 11) is 0.500. The van der Waals surface area contributed by atoms with Crippen LogP contribution in [-0.2, 0) is 9.84 Å². The van der Waals surface area contributed by atoms with Crippen molar-refractivity contribution >= 4 is 54.8 Å². The van der Waals surface area contributed by atoms with E-state index in [1.807, 2.05) is 44.1 Å². The molecule has 0 saturated carbocycles. The molecule has 162 valence electrons. The molecule has 3 rings (SSSR count). The maximum absolute atomic E-state index is 13.4. The van der Waals surface area contributed by atoms with Crippen molar-refractivity contribution in [2.45, 2.75) is 18.7 Å². The molecule has 6 nitrogen and oxygen atoms in total. The molecule has 9 heteroatoms. The SMILES string of the molecule is CCS(=O)(=O)c1cccc(C(=O)N(CCN(C)C)c2nc3c(C)cccc3s2)c1.Cl. The molecule has 0 radical (unpaired) electrons. The smallest absolute Gasteiger partial charge is 0.260 e. The lowest BCUT2D eigenvalue weighted by Crippen LogP contribution is -2.36. The lowest BCUT2D eigenvalue weighted by molar-refractivity contribution is 0.0985. The van der Waals surface area contributed by atoms with Gasteiger partial charge in [-0.2, -0.15) is 0 Å². The minimum absolute atomic E-state index is 0. The van der Waals surface area contributed by atoms with Crippen molar-refractivity contribution in [3.05, 3.63) is 53.6 Å². The number of fused-ring (bicyclic) bond motifs is 1. The summed E-state index contributed by atoms with van der Waals surface area (Å²) in [6, 6.07) is 12.2. The molecule has 0 atom stereocenters.